The lowest BCUT2D eigenvalue weighted by molar-refractivity contribution is 0.425. The molecule has 1 aromatic carbocycles. The van der Waals surface area contributed by atoms with Gasteiger partial charge in [0.25, 0.3) is 0 Å². The van der Waals surface area contributed by atoms with Crippen molar-refractivity contribution in [2.75, 3.05) is 0 Å². The standard InChI is InChI=1S/C9H9F4N.ClH/c1-2-6(14)7-8(12)4(10)3-5(11)9(7)13;/h3,6H,2,14H2,1H3;1H/t6-;/m1./s1. The summed E-state index contributed by atoms with van der Waals surface area (Å²) in [4.78, 5) is 0. The Morgan fingerprint density at radius 2 is 1.53 bits per heavy atom. The minimum atomic E-state index is -1.43. The van der Waals surface area contributed by atoms with E-state index in [1.807, 2.05) is 0 Å². The highest BCUT2D eigenvalue weighted by molar-refractivity contribution is 5.85. The maximum absolute atomic E-state index is 13.0. The lowest BCUT2D eigenvalue weighted by Gasteiger charge is -2.12. The molecule has 0 unspecified atom stereocenters. The summed E-state index contributed by atoms with van der Waals surface area (Å²) in [6, 6.07) is -0.878. The Balaban J connectivity index is 0.00000196. The summed E-state index contributed by atoms with van der Waals surface area (Å²) in [5, 5.41) is 0. The van der Waals surface area contributed by atoms with Crippen molar-refractivity contribution >= 4 is 12.4 Å². The molecule has 0 saturated heterocycles. The molecule has 15 heavy (non-hydrogen) atoms. The van der Waals surface area contributed by atoms with Crippen LogP contribution in [0.25, 0.3) is 0 Å². The van der Waals surface area contributed by atoms with E-state index in [1.54, 1.807) is 6.92 Å². The molecule has 0 aromatic heterocycles. The molecule has 6 heteroatoms. The lowest BCUT2D eigenvalue weighted by atomic mass is 10.0. The van der Waals surface area contributed by atoms with Crippen LogP contribution < -0.4 is 5.73 Å². The van der Waals surface area contributed by atoms with Gasteiger partial charge in [-0.15, -0.1) is 12.4 Å². The molecule has 0 spiro atoms. The van der Waals surface area contributed by atoms with Crippen molar-refractivity contribution in [1.29, 1.82) is 0 Å². The predicted octanol–water partition coefficient (Wildman–Crippen LogP) is 3.07. The monoisotopic (exact) mass is 243 g/mol. The number of hydrogen-bond acceptors (Lipinski definition) is 1. The van der Waals surface area contributed by atoms with E-state index in [-0.39, 0.29) is 24.9 Å². The Bertz CT molecular complexity index is 330. The Hall–Kier alpha value is -0.810. The van der Waals surface area contributed by atoms with Gasteiger partial charge in [0.1, 0.15) is 0 Å². The van der Waals surface area contributed by atoms with E-state index in [0.29, 0.717) is 0 Å². The van der Waals surface area contributed by atoms with Crippen LogP contribution in [0.5, 0.6) is 0 Å². The van der Waals surface area contributed by atoms with Crippen molar-refractivity contribution < 1.29 is 17.6 Å². The largest absolute Gasteiger partial charge is 0.324 e. The Morgan fingerprint density at radius 1 is 1.13 bits per heavy atom. The topological polar surface area (TPSA) is 26.0 Å². The van der Waals surface area contributed by atoms with Gasteiger partial charge >= 0.3 is 0 Å². The lowest BCUT2D eigenvalue weighted by Crippen LogP contribution is -2.15. The average molecular weight is 244 g/mol. The molecule has 0 saturated carbocycles. The van der Waals surface area contributed by atoms with Crippen LogP contribution in [0.4, 0.5) is 17.6 Å². The summed E-state index contributed by atoms with van der Waals surface area (Å²) < 4.78 is 51.4. The number of hydrogen-bond donors (Lipinski definition) is 1. The van der Waals surface area contributed by atoms with Crippen molar-refractivity contribution in [3.05, 3.63) is 34.9 Å². The van der Waals surface area contributed by atoms with Crippen LogP contribution in [0.1, 0.15) is 24.9 Å². The van der Waals surface area contributed by atoms with Gasteiger partial charge < -0.3 is 5.73 Å². The summed E-state index contributed by atoms with van der Waals surface area (Å²) in [6.07, 6.45) is 0.191. The van der Waals surface area contributed by atoms with E-state index < -0.39 is 34.9 Å². The van der Waals surface area contributed by atoms with E-state index in [2.05, 4.69) is 0 Å². The van der Waals surface area contributed by atoms with Crippen LogP contribution in [0.2, 0.25) is 0 Å². The third-order valence-corrected chi connectivity index (χ3v) is 1.96. The van der Waals surface area contributed by atoms with Gasteiger partial charge in [-0.1, -0.05) is 6.92 Å². The van der Waals surface area contributed by atoms with Gasteiger partial charge in [-0.2, -0.15) is 0 Å². The molecule has 1 nitrogen and oxygen atoms in total. The van der Waals surface area contributed by atoms with Gasteiger partial charge in [-0.3, -0.25) is 0 Å². The second-order valence-electron chi connectivity index (χ2n) is 2.90. The van der Waals surface area contributed by atoms with Crippen LogP contribution >= 0.6 is 12.4 Å². The molecule has 0 aliphatic heterocycles. The predicted molar refractivity (Wildman–Crippen MR) is 50.7 cm³/mol. The molecular weight excluding hydrogens is 234 g/mol. The molecule has 0 aliphatic rings. The number of nitrogens with two attached hydrogens (primary N) is 1. The maximum Gasteiger partial charge on any atom is 0.166 e. The summed E-state index contributed by atoms with van der Waals surface area (Å²) in [5.41, 5.74) is 4.59. The third-order valence-electron chi connectivity index (χ3n) is 1.96. The molecule has 0 heterocycles. The van der Waals surface area contributed by atoms with Crippen LogP contribution in [-0.2, 0) is 0 Å². The Kier molecular flexibility index (Phi) is 5.03. The first-order valence-electron chi connectivity index (χ1n) is 4.07. The van der Waals surface area contributed by atoms with Crippen molar-refractivity contribution in [2.45, 2.75) is 19.4 Å². The SMILES string of the molecule is CC[C@@H](N)c1c(F)c(F)cc(F)c1F.Cl. The molecule has 0 bridgehead atoms. The second-order valence-corrected chi connectivity index (χ2v) is 2.90. The van der Waals surface area contributed by atoms with Crippen molar-refractivity contribution in [1.82, 2.24) is 0 Å². The highest BCUT2D eigenvalue weighted by Crippen LogP contribution is 2.25. The summed E-state index contributed by atoms with van der Waals surface area (Å²) >= 11 is 0. The summed E-state index contributed by atoms with van der Waals surface area (Å²) in [7, 11) is 0. The van der Waals surface area contributed by atoms with Crippen LogP contribution in [0, 0.1) is 23.3 Å². The fourth-order valence-electron chi connectivity index (χ4n) is 1.12. The zero-order valence-electron chi connectivity index (χ0n) is 7.86. The molecule has 0 aliphatic carbocycles. The molecule has 86 valence electrons. The van der Waals surface area contributed by atoms with Gasteiger partial charge in [0.2, 0.25) is 0 Å². The van der Waals surface area contributed by atoms with Gasteiger partial charge in [-0.05, 0) is 6.42 Å². The molecule has 2 N–H and O–H groups in total. The normalized spacial score (nSPS) is 12.1. The van der Waals surface area contributed by atoms with Crippen molar-refractivity contribution in [3.63, 3.8) is 0 Å². The zero-order chi connectivity index (χ0) is 10.9. The molecular formula is C9H10ClF4N. The van der Waals surface area contributed by atoms with E-state index in [1.165, 1.54) is 0 Å². The molecule has 0 radical (unpaired) electrons. The maximum atomic E-state index is 13.0. The first-order valence-corrected chi connectivity index (χ1v) is 4.07. The highest BCUT2D eigenvalue weighted by atomic mass is 35.5. The molecule has 1 aromatic rings. The number of halogens is 5. The first-order chi connectivity index (χ1) is 6.49. The Labute approximate surface area is 90.7 Å². The van der Waals surface area contributed by atoms with Gasteiger partial charge in [0.05, 0.1) is 0 Å². The van der Waals surface area contributed by atoms with Crippen LogP contribution in [-0.4, -0.2) is 0 Å². The Morgan fingerprint density at radius 3 is 1.87 bits per heavy atom. The molecule has 1 rings (SSSR count). The molecule has 0 fully saturated rings. The van der Waals surface area contributed by atoms with E-state index in [9.17, 15) is 17.6 Å². The van der Waals surface area contributed by atoms with Crippen LogP contribution in [0.15, 0.2) is 6.07 Å². The minimum absolute atomic E-state index is 0. The minimum Gasteiger partial charge on any atom is -0.324 e. The van der Waals surface area contributed by atoms with E-state index >= 15 is 0 Å². The average Bonchev–Trinajstić information content (AvgIpc) is 2.15. The fraction of sp³-hybridized carbons (Fsp3) is 0.333. The summed E-state index contributed by atoms with van der Waals surface area (Å²) in [6.45, 7) is 1.56. The van der Waals surface area contributed by atoms with Crippen LogP contribution in [0.3, 0.4) is 0 Å². The smallest absolute Gasteiger partial charge is 0.166 e. The van der Waals surface area contributed by atoms with Gasteiger partial charge in [-0.25, -0.2) is 17.6 Å². The van der Waals surface area contributed by atoms with Crippen molar-refractivity contribution in [2.24, 2.45) is 5.73 Å². The molecule has 0 amide bonds. The third kappa shape index (κ3) is 2.60. The van der Waals surface area contributed by atoms with Gasteiger partial charge in [0, 0.05) is 17.7 Å². The molecule has 1 atom stereocenters. The van der Waals surface area contributed by atoms with Crippen molar-refractivity contribution in [3.8, 4) is 0 Å². The first kappa shape index (κ1) is 14.2. The zero-order valence-corrected chi connectivity index (χ0v) is 8.68. The number of rotatable bonds is 2. The van der Waals surface area contributed by atoms with Gasteiger partial charge in [0.15, 0.2) is 23.3 Å². The number of benzene rings is 1. The second kappa shape index (κ2) is 5.32. The summed E-state index contributed by atoms with van der Waals surface area (Å²) in [5.74, 6) is -5.69. The highest BCUT2D eigenvalue weighted by Gasteiger charge is 2.22. The van der Waals surface area contributed by atoms with E-state index in [4.69, 9.17) is 5.73 Å². The quantitative estimate of drug-likeness (QED) is 0.627. The fourth-order valence-corrected chi connectivity index (χ4v) is 1.12. The van der Waals surface area contributed by atoms with E-state index in [0.717, 1.165) is 0 Å².